The number of carbonyl (C=O) groups excluding carboxylic acids is 1. The quantitative estimate of drug-likeness (QED) is 0.898. The Morgan fingerprint density at radius 3 is 2.95 bits per heavy atom. The number of benzene rings is 1. The zero-order valence-corrected chi connectivity index (χ0v) is 13.3. The number of anilines is 1. The first-order valence-electron chi connectivity index (χ1n) is 5.92. The molecule has 3 N–H and O–H groups in total. The zero-order valence-electron chi connectivity index (χ0n) is 10.9. The molecule has 0 saturated heterocycles. The van der Waals surface area contributed by atoms with E-state index in [0.29, 0.717) is 17.1 Å². The first kappa shape index (κ1) is 14.3. The molecule has 102 valence electrons. The van der Waals surface area contributed by atoms with Crippen LogP contribution in [0.15, 0.2) is 22.7 Å². The number of halogens is 1. The van der Waals surface area contributed by atoms with Crippen LogP contribution < -0.4 is 11.1 Å². The fourth-order valence-electron chi connectivity index (χ4n) is 1.80. The highest BCUT2D eigenvalue weighted by Gasteiger charge is 2.19. The van der Waals surface area contributed by atoms with Gasteiger partial charge in [0.2, 0.25) is 0 Å². The summed E-state index contributed by atoms with van der Waals surface area (Å²) in [6, 6.07) is 5.86. The predicted molar refractivity (Wildman–Crippen MR) is 84.8 cm³/mol. The van der Waals surface area contributed by atoms with E-state index in [-0.39, 0.29) is 5.91 Å². The molecular weight excluding hydrogens is 326 g/mol. The van der Waals surface area contributed by atoms with E-state index in [0.717, 1.165) is 21.1 Å². The number of hydrogen-bond donors (Lipinski definition) is 2. The minimum absolute atomic E-state index is 0.0231. The molecule has 2 rings (SSSR count). The summed E-state index contributed by atoms with van der Waals surface area (Å²) < 4.78 is 2.01. The molecule has 0 bridgehead atoms. The van der Waals surface area contributed by atoms with E-state index >= 15 is 0 Å². The number of nitrogen functional groups attached to an aromatic ring is 1. The summed E-state index contributed by atoms with van der Waals surface area (Å²) in [5.41, 5.74) is 6.67. The molecule has 0 fully saturated rings. The molecule has 0 aliphatic heterocycles. The molecule has 19 heavy (non-hydrogen) atoms. The van der Waals surface area contributed by atoms with Gasteiger partial charge >= 0.3 is 0 Å². The normalized spacial score (nSPS) is 10.9. The summed E-state index contributed by atoms with van der Waals surface area (Å²) in [4.78, 5) is 14.6. The fourth-order valence-corrected chi connectivity index (χ4v) is 3.47. The van der Waals surface area contributed by atoms with Gasteiger partial charge in [-0.05, 0) is 19.2 Å². The molecular formula is C13H16BrN3OS. The van der Waals surface area contributed by atoms with Gasteiger partial charge in [-0.1, -0.05) is 22.0 Å². The molecule has 1 amide bonds. The molecule has 1 aromatic carbocycles. The summed E-state index contributed by atoms with van der Waals surface area (Å²) in [5.74, 6) is -0.0231. The summed E-state index contributed by atoms with van der Waals surface area (Å²) in [6.07, 6.45) is 0. The zero-order chi connectivity index (χ0) is 14.0. The van der Waals surface area contributed by atoms with E-state index in [1.165, 1.54) is 11.3 Å². The van der Waals surface area contributed by atoms with Crippen molar-refractivity contribution in [2.24, 2.45) is 0 Å². The Kier molecular flexibility index (Phi) is 4.44. The highest BCUT2D eigenvalue weighted by atomic mass is 79.9. The SMILES string of the molecule is CNCCN(C)C(=O)c1sc2cc(Br)ccc2c1N. The minimum atomic E-state index is -0.0231. The number of likely N-dealkylation sites (N-methyl/N-ethyl adjacent to an activating group) is 2. The van der Waals surface area contributed by atoms with Crippen molar-refractivity contribution >= 4 is 48.9 Å². The maximum absolute atomic E-state index is 12.3. The third-order valence-corrected chi connectivity index (χ3v) is 4.58. The van der Waals surface area contributed by atoms with Crippen molar-refractivity contribution < 1.29 is 4.79 Å². The monoisotopic (exact) mass is 341 g/mol. The summed E-state index contributed by atoms with van der Waals surface area (Å²) in [5, 5.41) is 3.97. The molecule has 4 nitrogen and oxygen atoms in total. The molecule has 6 heteroatoms. The van der Waals surface area contributed by atoms with Crippen molar-refractivity contribution in [3.05, 3.63) is 27.5 Å². The molecule has 0 radical (unpaired) electrons. The number of nitrogens with two attached hydrogens (primary N) is 1. The smallest absolute Gasteiger partial charge is 0.265 e. The van der Waals surface area contributed by atoms with E-state index in [9.17, 15) is 4.79 Å². The number of carbonyl (C=O) groups is 1. The Hall–Kier alpha value is -1.11. The minimum Gasteiger partial charge on any atom is -0.397 e. The van der Waals surface area contributed by atoms with Crippen LogP contribution in [0.25, 0.3) is 10.1 Å². The maximum Gasteiger partial charge on any atom is 0.265 e. The van der Waals surface area contributed by atoms with Crippen molar-refractivity contribution in [1.29, 1.82) is 0 Å². The van der Waals surface area contributed by atoms with Crippen LogP contribution in [-0.2, 0) is 0 Å². The number of nitrogens with zero attached hydrogens (tertiary/aromatic N) is 1. The van der Waals surface area contributed by atoms with Gasteiger partial charge in [-0.15, -0.1) is 11.3 Å². The van der Waals surface area contributed by atoms with Gasteiger partial charge in [0.15, 0.2) is 0 Å². The van der Waals surface area contributed by atoms with Crippen molar-refractivity contribution in [1.82, 2.24) is 10.2 Å². The van der Waals surface area contributed by atoms with Crippen LogP contribution in [0.4, 0.5) is 5.69 Å². The molecule has 0 spiro atoms. The third-order valence-electron chi connectivity index (χ3n) is 2.93. The van der Waals surface area contributed by atoms with Crippen molar-refractivity contribution in [2.45, 2.75) is 0 Å². The van der Waals surface area contributed by atoms with Gasteiger partial charge in [-0.2, -0.15) is 0 Å². The lowest BCUT2D eigenvalue weighted by molar-refractivity contribution is 0.0802. The molecule has 1 heterocycles. The topological polar surface area (TPSA) is 58.4 Å². The van der Waals surface area contributed by atoms with E-state index in [1.807, 2.05) is 25.2 Å². The van der Waals surface area contributed by atoms with E-state index < -0.39 is 0 Å². The van der Waals surface area contributed by atoms with Crippen LogP contribution in [0.2, 0.25) is 0 Å². The lowest BCUT2D eigenvalue weighted by Crippen LogP contribution is -2.32. The fraction of sp³-hybridized carbons (Fsp3) is 0.308. The molecule has 0 aliphatic carbocycles. The maximum atomic E-state index is 12.3. The Morgan fingerprint density at radius 1 is 1.53 bits per heavy atom. The average Bonchev–Trinajstić information content (AvgIpc) is 2.71. The van der Waals surface area contributed by atoms with Gasteiger partial charge in [-0.25, -0.2) is 0 Å². The van der Waals surface area contributed by atoms with E-state index in [1.54, 1.807) is 11.9 Å². The molecule has 0 saturated carbocycles. The Labute approximate surface area is 124 Å². The first-order chi connectivity index (χ1) is 9.04. The van der Waals surface area contributed by atoms with E-state index in [4.69, 9.17) is 5.73 Å². The van der Waals surface area contributed by atoms with Gasteiger partial charge in [0, 0.05) is 34.7 Å². The lowest BCUT2D eigenvalue weighted by atomic mass is 10.2. The van der Waals surface area contributed by atoms with Crippen LogP contribution in [0.5, 0.6) is 0 Å². The number of rotatable bonds is 4. The van der Waals surface area contributed by atoms with Gasteiger partial charge in [0.05, 0.1) is 5.69 Å². The second kappa shape index (κ2) is 5.90. The number of amides is 1. The molecule has 0 aliphatic rings. The molecule has 2 aromatic rings. The number of nitrogens with one attached hydrogen (secondary N) is 1. The molecule has 0 atom stereocenters. The van der Waals surface area contributed by atoms with Gasteiger partial charge in [-0.3, -0.25) is 4.79 Å². The van der Waals surface area contributed by atoms with Crippen molar-refractivity contribution in [3.63, 3.8) is 0 Å². The van der Waals surface area contributed by atoms with Gasteiger partial charge in [0.1, 0.15) is 4.88 Å². The van der Waals surface area contributed by atoms with Crippen LogP contribution in [0.1, 0.15) is 9.67 Å². The summed E-state index contributed by atoms with van der Waals surface area (Å²) >= 11 is 4.87. The molecule has 1 aromatic heterocycles. The predicted octanol–water partition coefficient (Wildman–Crippen LogP) is 2.54. The second-order valence-electron chi connectivity index (χ2n) is 4.32. The Balaban J connectivity index is 2.34. The average molecular weight is 342 g/mol. The summed E-state index contributed by atoms with van der Waals surface area (Å²) in [6.45, 7) is 1.42. The largest absolute Gasteiger partial charge is 0.397 e. The van der Waals surface area contributed by atoms with Gasteiger partial charge < -0.3 is 16.0 Å². The lowest BCUT2D eigenvalue weighted by Gasteiger charge is -2.16. The third kappa shape index (κ3) is 2.91. The van der Waals surface area contributed by atoms with Crippen LogP contribution in [-0.4, -0.2) is 38.0 Å². The second-order valence-corrected chi connectivity index (χ2v) is 6.28. The van der Waals surface area contributed by atoms with Crippen LogP contribution in [0.3, 0.4) is 0 Å². The number of thiophene rings is 1. The number of fused-ring (bicyclic) bond motifs is 1. The summed E-state index contributed by atoms with van der Waals surface area (Å²) in [7, 11) is 3.66. The molecule has 0 unspecified atom stereocenters. The van der Waals surface area contributed by atoms with E-state index in [2.05, 4.69) is 21.2 Å². The highest BCUT2D eigenvalue weighted by molar-refractivity contribution is 9.10. The Bertz CT molecular complexity index is 611. The van der Waals surface area contributed by atoms with Crippen LogP contribution >= 0.6 is 27.3 Å². The number of hydrogen-bond acceptors (Lipinski definition) is 4. The Morgan fingerprint density at radius 2 is 2.26 bits per heavy atom. The standard InChI is InChI=1S/C13H16BrN3OS/c1-16-5-6-17(2)13(18)12-11(15)9-4-3-8(14)7-10(9)19-12/h3-4,7,16H,5-6,15H2,1-2H3. The van der Waals surface area contributed by atoms with Crippen molar-refractivity contribution in [3.8, 4) is 0 Å². The van der Waals surface area contributed by atoms with Crippen LogP contribution in [0, 0.1) is 0 Å². The van der Waals surface area contributed by atoms with Gasteiger partial charge in [0.25, 0.3) is 5.91 Å². The highest BCUT2D eigenvalue weighted by Crippen LogP contribution is 2.35. The first-order valence-corrected chi connectivity index (χ1v) is 7.53. The van der Waals surface area contributed by atoms with Crippen molar-refractivity contribution in [2.75, 3.05) is 32.9 Å².